The molecule has 89 heavy (non-hydrogen) atoms. The van der Waals surface area contributed by atoms with Crippen LogP contribution in [0.2, 0.25) is 0 Å². The van der Waals surface area contributed by atoms with E-state index in [1.807, 2.05) is 87.2 Å². The van der Waals surface area contributed by atoms with E-state index in [9.17, 15) is 53.1 Å². The molecule has 0 aliphatic carbocycles. The molecule has 4 N–H and O–H groups in total. The molecule has 6 bridgehead atoms. The first kappa shape index (κ1) is 70.4. The summed E-state index contributed by atoms with van der Waals surface area (Å²) in [5, 5.41) is 19.0. The smallest absolute Gasteiger partial charge is 0.248 e. The molecule has 0 radical (unpaired) electrons. The number of nitrogens with one attached hydrogen (secondary N) is 3. The molecule has 3 fully saturated rings. The first-order chi connectivity index (χ1) is 41.9. The van der Waals surface area contributed by atoms with E-state index in [1.54, 1.807) is 18.7 Å². The van der Waals surface area contributed by atoms with Crippen molar-refractivity contribution in [2.45, 2.75) is 199 Å². The van der Waals surface area contributed by atoms with Gasteiger partial charge in [0, 0.05) is 79.7 Å². The van der Waals surface area contributed by atoms with Crippen molar-refractivity contribution < 1.29 is 57.8 Å². The van der Waals surface area contributed by atoms with Crippen LogP contribution in [0.5, 0.6) is 0 Å². The number of carbonyl (C=O) groups excluding carboxylic acids is 11. The van der Waals surface area contributed by atoms with Crippen LogP contribution >= 0.6 is 0 Å². The van der Waals surface area contributed by atoms with Crippen molar-refractivity contribution in [3.8, 4) is 0 Å². The van der Waals surface area contributed by atoms with Crippen LogP contribution in [0.3, 0.4) is 0 Å². The number of allylic oxidation sites excluding steroid dienone is 1. The van der Waals surface area contributed by atoms with E-state index in [2.05, 4.69) is 22.5 Å². The Labute approximate surface area is 525 Å². The predicted octanol–water partition coefficient (Wildman–Crippen LogP) is 2.61. The van der Waals surface area contributed by atoms with Crippen molar-refractivity contribution in [2.75, 3.05) is 54.9 Å². The van der Waals surface area contributed by atoms with E-state index in [1.165, 1.54) is 75.6 Å². The van der Waals surface area contributed by atoms with Gasteiger partial charge in [-0.2, -0.15) is 0 Å². The van der Waals surface area contributed by atoms with E-state index in [-0.39, 0.29) is 62.7 Å². The van der Waals surface area contributed by atoms with E-state index >= 15 is 4.79 Å². The second kappa shape index (κ2) is 30.7. The van der Waals surface area contributed by atoms with Crippen molar-refractivity contribution in [2.24, 2.45) is 11.8 Å². The number of hydrogen-bond acceptors (Lipinski definition) is 12. The number of likely N-dealkylation sites (N-methyl/N-ethyl adjacent to an activating group) is 5. The maximum Gasteiger partial charge on any atom is 0.248 e. The van der Waals surface area contributed by atoms with Crippen LogP contribution in [0.1, 0.15) is 130 Å². The standard InChI is InChI=1S/C66H97N11O12/c1-38(2)31-50-61(84)74(15)57(39(3)4)66(89)70(11)37-55(80)69-56(45(10)78)65(88)71(12)44(9)58(81)67-43(8)59(82)72(13)51-32-41(6)76(63(51)86)52-33-42(7)77(64(52)87)53(62(85)75-29-20-17-21-30-75)36-47-25-22-26-48(34-47)40(5)27-28-54(79)68-49(60(83)73(50)14)35-46-23-18-16-19-24-46/h16,18-19,22-26,34,38-39,41-45,49-53,56-57,78H,5,17,20-21,27-33,35-37H2,1-4,6-15H3,(H,67,81)(H,68,79)(H,69,80)/t41?,42?,43-,44-,45+,49-,50-,51-,52-,53-,56-,57-/m0/s1. The third-order valence-electron chi connectivity index (χ3n) is 18.2. The van der Waals surface area contributed by atoms with Crippen LogP contribution < -0.4 is 16.0 Å². The summed E-state index contributed by atoms with van der Waals surface area (Å²) in [6.07, 6.45) is 2.06. The molecule has 4 aliphatic heterocycles. The molecule has 12 atom stereocenters. The molecule has 2 aromatic carbocycles. The van der Waals surface area contributed by atoms with Crippen LogP contribution in [0.4, 0.5) is 0 Å². The molecule has 0 aromatic heterocycles. The minimum Gasteiger partial charge on any atom is -0.391 e. The number of benzene rings is 2. The average Bonchev–Trinajstić information content (AvgIpc) is 1.66. The number of hydrogen-bond donors (Lipinski definition) is 4. The molecule has 0 saturated carbocycles. The first-order valence-corrected chi connectivity index (χ1v) is 31.5. The van der Waals surface area contributed by atoms with Gasteiger partial charge in [0.2, 0.25) is 65.0 Å². The third-order valence-corrected chi connectivity index (χ3v) is 18.2. The summed E-state index contributed by atoms with van der Waals surface area (Å²) in [6, 6.07) is 5.34. The van der Waals surface area contributed by atoms with Crippen LogP contribution in [-0.4, -0.2) is 237 Å². The highest BCUT2D eigenvalue weighted by Gasteiger charge is 2.53. The summed E-state index contributed by atoms with van der Waals surface area (Å²) < 4.78 is 0. The Hall–Kier alpha value is -7.69. The molecule has 488 valence electrons. The molecule has 23 heteroatoms. The predicted molar refractivity (Wildman–Crippen MR) is 335 cm³/mol. The topological polar surface area (TPSA) is 270 Å². The zero-order chi connectivity index (χ0) is 66.0. The number of rotatable bonds is 7. The molecule has 4 heterocycles. The van der Waals surface area contributed by atoms with Crippen LogP contribution in [0, 0.1) is 11.8 Å². The summed E-state index contributed by atoms with van der Waals surface area (Å²) in [5.74, 6) is -6.95. The molecule has 2 unspecified atom stereocenters. The van der Waals surface area contributed by atoms with Gasteiger partial charge in [0.05, 0.1) is 12.6 Å². The Kier molecular flexibility index (Phi) is 24.3. The lowest BCUT2D eigenvalue weighted by Gasteiger charge is -2.38. The van der Waals surface area contributed by atoms with Crippen LogP contribution in [-0.2, 0) is 65.6 Å². The largest absolute Gasteiger partial charge is 0.391 e. The average molecular weight is 1240 g/mol. The summed E-state index contributed by atoms with van der Waals surface area (Å²) in [7, 11) is 7.05. The molecule has 0 spiro atoms. The van der Waals surface area contributed by atoms with Gasteiger partial charge in [-0.3, -0.25) is 52.7 Å². The highest BCUT2D eigenvalue weighted by atomic mass is 16.3. The Bertz CT molecular complexity index is 2950. The Morgan fingerprint density at radius 3 is 1.87 bits per heavy atom. The summed E-state index contributed by atoms with van der Waals surface area (Å²) in [5.41, 5.74) is 2.81. The number of carbonyl (C=O) groups is 11. The first-order valence-electron chi connectivity index (χ1n) is 31.5. The second-order valence-electron chi connectivity index (χ2n) is 25.9. The summed E-state index contributed by atoms with van der Waals surface area (Å²) in [6.45, 7) is 19.9. The lowest BCUT2D eigenvalue weighted by atomic mass is 9.95. The van der Waals surface area contributed by atoms with Gasteiger partial charge in [0.1, 0.15) is 54.4 Å². The minimum absolute atomic E-state index is 0.0658. The zero-order valence-corrected chi connectivity index (χ0v) is 54.7. The van der Waals surface area contributed by atoms with Gasteiger partial charge in [-0.05, 0) is 114 Å². The van der Waals surface area contributed by atoms with Gasteiger partial charge >= 0.3 is 0 Å². The minimum atomic E-state index is -1.60. The fourth-order valence-electron chi connectivity index (χ4n) is 12.9. The third kappa shape index (κ3) is 16.8. The monoisotopic (exact) mass is 1240 g/mol. The van der Waals surface area contributed by atoms with Gasteiger partial charge < -0.3 is 60.3 Å². The molecule has 2 aromatic rings. The number of amides is 11. The molecule has 6 rings (SSSR count). The van der Waals surface area contributed by atoms with Crippen LogP contribution in [0.25, 0.3) is 5.57 Å². The zero-order valence-electron chi connectivity index (χ0n) is 54.7. The Morgan fingerprint density at radius 1 is 0.629 bits per heavy atom. The van der Waals surface area contributed by atoms with Gasteiger partial charge in [0.25, 0.3) is 0 Å². The van der Waals surface area contributed by atoms with Gasteiger partial charge in [0.15, 0.2) is 0 Å². The Balaban J connectivity index is 1.35. The van der Waals surface area contributed by atoms with Crippen LogP contribution in [0.15, 0.2) is 61.2 Å². The summed E-state index contributed by atoms with van der Waals surface area (Å²) in [4.78, 5) is 170. The van der Waals surface area contributed by atoms with Crippen molar-refractivity contribution >= 4 is 70.6 Å². The number of piperidine rings is 1. The van der Waals surface area contributed by atoms with Gasteiger partial charge in [-0.25, -0.2) is 0 Å². The lowest BCUT2D eigenvalue weighted by Crippen LogP contribution is -2.60. The number of likely N-dealkylation sites (tertiary alicyclic amines) is 1. The van der Waals surface area contributed by atoms with Crippen molar-refractivity contribution in [3.05, 3.63) is 77.9 Å². The highest BCUT2D eigenvalue weighted by molar-refractivity contribution is 6.00. The van der Waals surface area contributed by atoms with E-state index in [0.29, 0.717) is 24.2 Å². The lowest BCUT2D eigenvalue weighted by molar-refractivity contribution is -0.153. The summed E-state index contributed by atoms with van der Waals surface area (Å²) >= 11 is 0. The quantitative estimate of drug-likeness (QED) is 0.312. The van der Waals surface area contributed by atoms with Crippen molar-refractivity contribution in [3.63, 3.8) is 0 Å². The number of aliphatic hydroxyl groups excluding tert-OH is 1. The van der Waals surface area contributed by atoms with Gasteiger partial charge in [-0.15, -0.1) is 0 Å². The number of aliphatic hydroxyl groups is 1. The molecular formula is C66H97N11O12. The fourth-order valence-corrected chi connectivity index (χ4v) is 12.9. The normalized spacial score (nSPS) is 28.4. The molecule has 11 amide bonds. The maximum absolute atomic E-state index is 15.0. The maximum atomic E-state index is 15.0. The molecule has 3 saturated heterocycles. The number of fused-ring (bicyclic) bond motifs is 7. The Morgan fingerprint density at radius 2 is 1.25 bits per heavy atom. The van der Waals surface area contributed by atoms with Crippen molar-refractivity contribution in [1.29, 1.82) is 0 Å². The van der Waals surface area contributed by atoms with E-state index in [0.717, 1.165) is 40.2 Å². The fraction of sp³-hybridized carbons (Fsp3) is 0.621. The number of nitrogens with zero attached hydrogens (tertiary/aromatic N) is 8. The van der Waals surface area contributed by atoms with E-state index in [4.69, 9.17) is 0 Å². The van der Waals surface area contributed by atoms with Crippen molar-refractivity contribution in [1.82, 2.24) is 55.1 Å². The van der Waals surface area contributed by atoms with E-state index < -0.39 is 138 Å². The highest BCUT2D eigenvalue weighted by Crippen LogP contribution is 2.35. The molecular weight excluding hydrogens is 1140 g/mol. The molecule has 4 aliphatic rings. The molecule has 23 nitrogen and oxygen atoms in total. The second-order valence-corrected chi connectivity index (χ2v) is 25.9. The van der Waals surface area contributed by atoms with Gasteiger partial charge in [-0.1, -0.05) is 88.9 Å². The SMILES string of the molecule is C=C1CCC(=O)N[C@@H](Cc2ccccc2)C(=O)N(C)[C@@H](CC(C)C)C(=O)N(C)[C@@H](C(C)C)C(=O)N(C)CC(=O)N[C@@H]([C@@H](C)O)C(=O)N(C)[C@@H](C)C(=O)N[C@@H](C)C(=O)N(C)[C@H]2CC(C)N(C2=O)[C@H]2CC(C)N(C2=O)[C@H](C(=O)N2CCCCC2)Cc2cccc1c2.